The summed E-state index contributed by atoms with van der Waals surface area (Å²) in [6.07, 6.45) is 5.09. The number of hydrogen-bond acceptors (Lipinski definition) is 6. The van der Waals surface area contributed by atoms with Gasteiger partial charge in [-0.15, -0.1) is 0 Å². The Morgan fingerprint density at radius 2 is 1.83 bits per heavy atom. The molecule has 220 valence electrons. The zero-order chi connectivity index (χ0) is 29.6. The average Bonchev–Trinajstić information content (AvgIpc) is 3.50. The molecule has 1 aliphatic carbocycles. The van der Waals surface area contributed by atoms with Crippen molar-refractivity contribution in [2.75, 3.05) is 6.61 Å². The highest BCUT2D eigenvalue weighted by atomic mass is 28.3. The molecule has 1 aliphatic rings. The topological polar surface area (TPSA) is 79.9 Å². The summed E-state index contributed by atoms with van der Waals surface area (Å²) in [6.45, 7) is 12.7. The number of halogens is 2. The highest BCUT2D eigenvalue weighted by molar-refractivity contribution is 6.76. The van der Waals surface area contributed by atoms with Crippen molar-refractivity contribution in [2.24, 2.45) is 5.92 Å². The van der Waals surface area contributed by atoms with Crippen LogP contribution in [0.4, 0.5) is 8.78 Å². The average molecular weight is 591 g/mol. The van der Waals surface area contributed by atoms with Crippen molar-refractivity contribution < 1.29 is 18.3 Å². The predicted octanol–water partition coefficient (Wildman–Crippen LogP) is 7.61. The van der Waals surface area contributed by atoms with Crippen LogP contribution < -0.4 is 4.74 Å². The normalized spacial score (nSPS) is 15.4. The molecule has 0 radical (unpaired) electrons. The van der Waals surface area contributed by atoms with E-state index in [-0.39, 0.29) is 18.8 Å². The lowest BCUT2D eigenvalue weighted by atomic mass is 9.81. The van der Waals surface area contributed by atoms with E-state index < -0.39 is 14.0 Å². The van der Waals surface area contributed by atoms with Crippen LogP contribution in [0.2, 0.25) is 25.7 Å². The Balaban J connectivity index is 1.18. The Labute approximate surface area is 244 Å². The van der Waals surface area contributed by atoms with Gasteiger partial charge in [-0.1, -0.05) is 19.6 Å². The fourth-order valence-corrected chi connectivity index (χ4v) is 6.09. The third-order valence-corrected chi connectivity index (χ3v) is 9.53. The van der Waals surface area contributed by atoms with E-state index in [9.17, 15) is 8.78 Å². The lowest BCUT2D eigenvalue weighted by Gasteiger charge is -2.34. The molecule has 3 aromatic heterocycles. The van der Waals surface area contributed by atoms with Crippen molar-refractivity contribution in [2.45, 2.75) is 71.6 Å². The molecular weight excluding hydrogens is 554 g/mol. The van der Waals surface area contributed by atoms with E-state index in [4.69, 9.17) is 19.4 Å². The summed E-state index contributed by atoms with van der Waals surface area (Å²) < 4.78 is 42.5. The molecule has 0 aliphatic heterocycles. The molecule has 5 aromatic rings. The summed E-state index contributed by atoms with van der Waals surface area (Å²) in [5, 5.41) is 4.37. The first kappa shape index (κ1) is 28.4. The summed E-state index contributed by atoms with van der Waals surface area (Å²) in [5.41, 5.74) is 5.67. The van der Waals surface area contributed by atoms with Gasteiger partial charge in [-0.3, -0.25) is 9.67 Å². The molecular formula is C31H36F2N6O2Si. The van der Waals surface area contributed by atoms with Crippen LogP contribution in [-0.4, -0.2) is 49.9 Å². The van der Waals surface area contributed by atoms with Crippen LogP contribution in [-0.2, 0) is 18.0 Å². The minimum absolute atomic E-state index is 0.0533. The molecule has 8 nitrogen and oxygen atoms in total. The number of benzene rings is 2. The maximum atomic E-state index is 13.2. The minimum Gasteiger partial charge on any atom is -0.457 e. The number of rotatable bonds is 10. The second kappa shape index (κ2) is 10.8. The van der Waals surface area contributed by atoms with Gasteiger partial charge in [0.2, 0.25) is 5.92 Å². The summed E-state index contributed by atoms with van der Waals surface area (Å²) in [4.78, 5) is 14.2. The molecule has 1 saturated carbocycles. The summed E-state index contributed by atoms with van der Waals surface area (Å²) in [6, 6.07) is 10.8. The standard InChI is InChI=1S/C31H36F2N6O2Si/c1-20-29(41-24-6-8-28-26(12-24)36-21(2)39(28)19-40-10-11-42(3,4)5)9-7-25-30(20)37-27(16-34-25)23-15-35-38(18-23)17-22-13-31(32,33)14-22/h6-9,12,15-16,18,22H,10-11,13-14,17,19H2,1-5H3. The molecule has 0 saturated heterocycles. The number of ether oxygens (including phenoxy) is 2. The molecule has 0 spiro atoms. The van der Waals surface area contributed by atoms with Crippen molar-refractivity contribution >= 4 is 30.1 Å². The quantitative estimate of drug-likeness (QED) is 0.123. The molecule has 0 N–H and O–H groups in total. The van der Waals surface area contributed by atoms with Crippen LogP contribution >= 0.6 is 0 Å². The third-order valence-electron chi connectivity index (χ3n) is 7.82. The second-order valence-electron chi connectivity index (χ2n) is 12.6. The third kappa shape index (κ3) is 6.07. The fraction of sp³-hybridized carbons (Fsp3) is 0.419. The smallest absolute Gasteiger partial charge is 0.248 e. The van der Waals surface area contributed by atoms with Crippen LogP contribution in [0, 0.1) is 19.8 Å². The number of hydrogen-bond donors (Lipinski definition) is 0. The zero-order valence-electron chi connectivity index (χ0n) is 24.7. The highest BCUT2D eigenvalue weighted by Gasteiger charge is 2.45. The van der Waals surface area contributed by atoms with E-state index in [1.165, 1.54) is 0 Å². The molecule has 1 fully saturated rings. The Morgan fingerprint density at radius 1 is 1.02 bits per heavy atom. The maximum absolute atomic E-state index is 13.2. The molecule has 11 heteroatoms. The minimum atomic E-state index is -2.53. The van der Waals surface area contributed by atoms with Crippen LogP contribution in [0.3, 0.4) is 0 Å². The van der Waals surface area contributed by atoms with Crippen molar-refractivity contribution in [3.05, 3.63) is 60.3 Å². The summed E-state index contributed by atoms with van der Waals surface area (Å²) in [7, 11) is -1.14. The van der Waals surface area contributed by atoms with Crippen molar-refractivity contribution in [3.8, 4) is 22.8 Å². The fourth-order valence-electron chi connectivity index (χ4n) is 5.33. The van der Waals surface area contributed by atoms with E-state index in [1.807, 2.05) is 50.4 Å². The van der Waals surface area contributed by atoms with Crippen LogP contribution in [0.1, 0.15) is 24.2 Å². The number of imidazole rings is 1. The summed E-state index contributed by atoms with van der Waals surface area (Å²) in [5.74, 6) is -0.325. The van der Waals surface area contributed by atoms with Crippen LogP contribution in [0.5, 0.6) is 11.5 Å². The number of fused-ring (bicyclic) bond motifs is 2. The Hall–Kier alpha value is -3.70. The van der Waals surface area contributed by atoms with Gasteiger partial charge in [0, 0.05) is 57.5 Å². The number of aryl methyl sites for hydroxylation is 2. The maximum Gasteiger partial charge on any atom is 0.248 e. The van der Waals surface area contributed by atoms with Gasteiger partial charge in [0.15, 0.2) is 0 Å². The number of aromatic nitrogens is 6. The Morgan fingerprint density at radius 3 is 2.60 bits per heavy atom. The predicted molar refractivity (Wildman–Crippen MR) is 162 cm³/mol. The van der Waals surface area contributed by atoms with Crippen molar-refractivity contribution in [1.82, 2.24) is 29.3 Å². The molecule has 0 amide bonds. The van der Waals surface area contributed by atoms with E-state index >= 15 is 0 Å². The van der Waals surface area contributed by atoms with Crippen LogP contribution in [0.25, 0.3) is 33.3 Å². The SMILES string of the molecule is Cc1c(Oc2ccc3c(c2)nc(C)n3COCC[Si](C)(C)C)ccc2ncc(-c3cnn(CC4CC(F)(F)C4)c3)nc12. The van der Waals surface area contributed by atoms with E-state index in [0.29, 0.717) is 30.5 Å². The molecule has 0 unspecified atom stereocenters. The number of alkyl halides is 2. The Bertz CT molecular complexity index is 1750. The lowest BCUT2D eigenvalue weighted by Crippen LogP contribution is -2.37. The van der Waals surface area contributed by atoms with Gasteiger partial charge in [-0.25, -0.2) is 18.7 Å². The largest absolute Gasteiger partial charge is 0.457 e. The van der Waals surface area contributed by atoms with Gasteiger partial charge in [0.1, 0.15) is 24.1 Å². The van der Waals surface area contributed by atoms with Gasteiger partial charge in [0.05, 0.1) is 40.2 Å². The van der Waals surface area contributed by atoms with E-state index in [1.54, 1.807) is 17.1 Å². The highest BCUT2D eigenvalue weighted by Crippen LogP contribution is 2.43. The van der Waals surface area contributed by atoms with Crippen molar-refractivity contribution in [1.29, 1.82) is 0 Å². The second-order valence-corrected chi connectivity index (χ2v) is 18.2. The van der Waals surface area contributed by atoms with E-state index in [0.717, 1.165) is 51.7 Å². The van der Waals surface area contributed by atoms with Gasteiger partial charge in [-0.05, 0) is 50.1 Å². The molecule has 3 heterocycles. The molecule has 42 heavy (non-hydrogen) atoms. The molecule has 6 rings (SSSR count). The van der Waals surface area contributed by atoms with Crippen molar-refractivity contribution in [3.63, 3.8) is 0 Å². The first-order valence-electron chi connectivity index (χ1n) is 14.3. The van der Waals surface area contributed by atoms with E-state index in [2.05, 4.69) is 34.3 Å². The Kier molecular flexibility index (Phi) is 7.34. The van der Waals surface area contributed by atoms with Gasteiger partial charge in [-0.2, -0.15) is 5.10 Å². The molecule has 0 atom stereocenters. The lowest BCUT2D eigenvalue weighted by molar-refractivity contribution is -0.114. The van der Waals surface area contributed by atoms with Gasteiger partial charge < -0.3 is 14.0 Å². The summed E-state index contributed by atoms with van der Waals surface area (Å²) >= 11 is 0. The van der Waals surface area contributed by atoms with Gasteiger partial charge >= 0.3 is 0 Å². The number of nitrogens with zero attached hydrogens (tertiary/aromatic N) is 6. The van der Waals surface area contributed by atoms with Gasteiger partial charge in [0.25, 0.3) is 0 Å². The first-order valence-corrected chi connectivity index (χ1v) is 18.0. The first-order chi connectivity index (χ1) is 19.9. The monoisotopic (exact) mass is 590 g/mol. The zero-order valence-corrected chi connectivity index (χ0v) is 25.7. The van der Waals surface area contributed by atoms with Crippen LogP contribution in [0.15, 0.2) is 48.9 Å². The molecule has 0 bridgehead atoms. The molecule has 2 aromatic carbocycles.